The fraction of sp³-hybridized carbons (Fsp3) is 0.167. The number of anilines is 1. The van der Waals surface area contributed by atoms with Crippen LogP contribution in [0.15, 0.2) is 35.8 Å². The Morgan fingerprint density at radius 1 is 1.39 bits per heavy atom. The topological polar surface area (TPSA) is 33.2 Å². The van der Waals surface area contributed by atoms with Gasteiger partial charge in [0.15, 0.2) is 5.13 Å². The van der Waals surface area contributed by atoms with Crippen molar-refractivity contribution in [1.82, 2.24) is 4.98 Å². The lowest BCUT2D eigenvalue weighted by Gasteiger charge is -2.21. The van der Waals surface area contributed by atoms with Crippen LogP contribution < -0.4 is 4.90 Å². The third kappa shape index (κ3) is 1.91. The van der Waals surface area contributed by atoms with Crippen molar-refractivity contribution in [2.75, 3.05) is 10.7 Å². The van der Waals surface area contributed by atoms with Gasteiger partial charge in [0.05, 0.1) is 5.75 Å². The molecule has 0 saturated carbocycles. The number of hydrogen-bond donors (Lipinski definition) is 0. The number of carbonyl (C=O) groups is 1. The van der Waals surface area contributed by atoms with Gasteiger partial charge in [0.25, 0.3) is 0 Å². The maximum absolute atomic E-state index is 13.8. The van der Waals surface area contributed by atoms with Gasteiger partial charge in [-0.1, -0.05) is 18.2 Å². The van der Waals surface area contributed by atoms with Crippen LogP contribution in [0.3, 0.4) is 0 Å². The van der Waals surface area contributed by atoms with Gasteiger partial charge in [0.1, 0.15) is 11.2 Å². The summed E-state index contributed by atoms with van der Waals surface area (Å²) < 4.78 is 13.8. The summed E-state index contributed by atoms with van der Waals surface area (Å²) >= 11 is 2.81. The number of rotatable bonds is 2. The van der Waals surface area contributed by atoms with Gasteiger partial charge in [-0.15, -0.1) is 23.1 Å². The standard InChI is InChI=1S/C12H9FN2OS2/c13-9-4-2-1-3-8(9)11-15(10(16)7-18-11)12-14-5-6-17-12/h1-6,11H,7H2/t11-/m1/s1. The van der Waals surface area contributed by atoms with Crippen LogP contribution in [-0.2, 0) is 4.79 Å². The van der Waals surface area contributed by atoms with Gasteiger partial charge in [-0.25, -0.2) is 9.37 Å². The van der Waals surface area contributed by atoms with Crippen LogP contribution in [-0.4, -0.2) is 16.6 Å². The molecule has 0 spiro atoms. The van der Waals surface area contributed by atoms with Crippen LogP contribution >= 0.6 is 23.1 Å². The van der Waals surface area contributed by atoms with Crippen molar-refractivity contribution in [3.05, 3.63) is 47.2 Å². The third-order valence-corrected chi connectivity index (χ3v) is 4.63. The zero-order valence-corrected chi connectivity index (χ0v) is 10.9. The highest BCUT2D eigenvalue weighted by molar-refractivity contribution is 8.00. The van der Waals surface area contributed by atoms with E-state index >= 15 is 0 Å². The molecule has 3 rings (SSSR count). The number of hydrogen-bond acceptors (Lipinski definition) is 4. The summed E-state index contributed by atoms with van der Waals surface area (Å²) in [6.07, 6.45) is 1.65. The fourth-order valence-corrected chi connectivity index (χ4v) is 3.80. The lowest BCUT2D eigenvalue weighted by Crippen LogP contribution is -2.28. The summed E-state index contributed by atoms with van der Waals surface area (Å²) in [6, 6.07) is 6.56. The molecule has 1 saturated heterocycles. The van der Waals surface area contributed by atoms with Crippen molar-refractivity contribution in [2.45, 2.75) is 5.37 Å². The van der Waals surface area contributed by atoms with Crippen molar-refractivity contribution in [1.29, 1.82) is 0 Å². The zero-order valence-electron chi connectivity index (χ0n) is 9.25. The Morgan fingerprint density at radius 2 is 2.22 bits per heavy atom. The van der Waals surface area contributed by atoms with Crippen LogP contribution in [0.5, 0.6) is 0 Å². The predicted molar refractivity (Wildman–Crippen MR) is 71.2 cm³/mol. The van der Waals surface area contributed by atoms with E-state index in [1.165, 1.54) is 29.2 Å². The van der Waals surface area contributed by atoms with E-state index in [1.807, 2.05) is 5.38 Å². The zero-order chi connectivity index (χ0) is 12.5. The normalized spacial score (nSPS) is 19.5. The first-order valence-electron chi connectivity index (χ1n) is 5.35. The van der Waals surface area contributed by atoms with Gasteiger partial charge in [-0.2, -0.15) is 0 Å². The Morgan fingerprint density at radius 3 is 2.94 bits per heavy atom. The van der Waals surface area contributed by atoms with Gasteiger partial charge in [0.2, 0.25) is 5.91 Å². The smallest absolute Gasteiger partial charge is 0.240 e. The Hall–Kier alpha value is -1.40. The van der Waals surface area contributed by atoms with E-state index < -0.39 is 0 Å². The van der Waals surface area contributed by atoms with Gasteiger partial charge in [-0.3, -0.25) is 9.69 Å². The van der Waals surface area contributed by atoms with Crippen LogP contribution in [0.1, 0.15) is 10.9 Å². The number of nitrogens with zero attached hydrogens (tertiary/aromatic N) is 2. The third-order valence-electron chi connectivity index (χ3n) is 2.66. The molecular formula is C12H9FN2OS2. The number of thioether (sulfide) groups is 1. The molecule has 0 radical (unpaired) electrons. The number of halogens is 1. The summed E-state index contributed by atoms with van der Waals surface area (Å²) in [5, 5.41) is 2.12. The summed E-state index contributed by atoms with van der Waals surface area (Å²) in [7, 11) is 0. The summed E-state index contributed by atoms with van der Waals surface area (Å²) in [5.41, 5.74) is 0.531. The minimum atomic E-state index is -0.315. The van der Waals surface area contributed by atoms with Crippen molar-refractivity contribution in [2.24, 2.45) is 0 Å². The predicted octanol–water partition coefficient (Wildman–Crippen LogP) is 3.06. The molecule has 6 heteroatoms. The molecule has 0 unspecified atom stereocenters. The van der Waals surface area contributed by atoms with E-state index in [9.17, 15) is 9.18 Å². The Labute approximate surface area is 112 Å². The lowest BCUT2D eigenvalue weighted by molar-refractivity contribution is -0.115. The van der Waals surface area contributed by atoms with E-state index in [2.05, 4.69) is 4.98 Å². The molecule has 2 heterocycles. The van der Waals surface area contributed by atoms with Crippen molar-refractivity contribution >= 4 is 34.1 Å². The van der Waals surface area contributed by atoms with Crippen LogP contribution in [0.4, 0.5) is 9.52 Å². The monoisotopic (exact) mass is 280 g/mol. The second-order valence-electron chi connectivity index (χ2n) is 3.76. The summed E-state index contributed by atoms with van der Waals surface area (Å²) in [6.45, 7) is 0. The molecule has 1 aliphatic rings. The summed E-state index contributed by atoms with van der Waals surface area (Å²) in [5.74, 6) is 0.0490. The van der Waals surface area contributed by atoms with Crippen molar-refractivity contribution in [3.8, 4) is 0 Å². The first-order chi connectivity index (χ1) is 8.77. The van der Waals surface area contributed by atoms with Crippen molar-refractivity contribution in [3.63, 3.8) is 0 Å². The molecule has 1 aliphatic heterocycles. The van der Waals surface area contributed by atoms with E-state index in [0.29, 0.717) is 16.4 Å². The molecule has 92 valence electrons. The van der Waals surface area contributed by atoms with Gasteiger partial charge in [-0.05, 0) is 6.07 Å². The molecule has 0 aliphatic carbocycles. The number of carbonyl (C=O) groups excluding carboxylic acids is 1. The maximum atomic E-state index is 13.8. The molecule has 1 aromatic heterocycles. The van der Waals surface area contributed by atoms with Crippen LogP contribution in [0.25, 0.3) is 0 Å². The number of thiazole rings is 1. The molecule has 0 N–H and O–H groups in total. The first-order valence-corrected chi connectivity index (χ1v) is 7.28. The molecule has 1 atom stereocenters. The Kier molecular flexibility index (Phi) is 3.05. The molecule has 18 heavy (non-hydrogen) atoms. The minimum absolute atomic E-state index is 0.0248. The number of amides is 1. The van der Waals surface area contributed by atoms with Gasteiger partial charge < -0.3 is 0 Å². The van der Waals surface area contributed by atoms with E-state index in [4.69, 9.17) is 0 Å². The first kappa shape index (κ1) is 11.7. The van der Waals surface area contributed by atoms with E-state index in [0.717, 1.165) is 0 Å². The van der Waals surface area contributed by atoms with Crippen LogP contribution in [0.2, 0.25) is 0 Å². The highest BCUT2D eigenvalue weighted by Crippen LogP contribution is 2.42. The Bertz CT molecular complexity index is 573. The largest absolute Gasteiger partial charge is 0.273 e. The van der Waals surface area contributed by atoms with E-state index in [-0.39, 0.29) is 17.1 Å². The average molecular weight is 280 g/mol. The highest BCUT2D eigenvalue weighted by Gasteiger charge is 2.36. The average Bonchev–Trinajstić information content (AvgIpc) is 2.98. The maximum Gasteiger partial charge on any atom is 0.240 e. The molecular weight excluding hydrogens is 271 g/mol. The number of aromatic nitrogens is 1. The second kappa shape index (κ2) is 4.70. The highest BCUT2D eigenvalue weighted by atomic mass is 32.2. The molecule has 2 aromatic rings. The van der Waals surface area contributed by atoms with Gasteiger partial charge >= 0.3 is 0 Å². The van der Waals surface area contributed by atoms with Crippen LogP contribution in [0, 0.1) is 5.82 Å². The Balaban J connectivity index is 2.02. The molecule has 0 bridgehead atoms. The fourth-order valence-electron chi connectivity index (χ4n) is 1.87. The minimum Gasteiger partial charge on any atom is -0.273 e. The number of benzene rings is 1. The SMILES string of the molecule is O=C1CS[C@H](c2ccccc2F)N1c1nccs1. The summed E-state index contributed by atoms with van der Waals surface area (Å²) in [4.78, 5) is 17.6. The van der Waals surface area contributed by atoms with E-state index in [1.54, 1.807) is 29.3 Å². The van der Waals surface area contributed by atoms with Crippen molar-refractivity contribution < 1.29 is 9.18 Å². The lowest BCUT2D eigenvalue weighted by atomic mass is 10.2. The molecule has 1 fully saturated rings. The molecule has 1 amide bonds. The molecule has 3 nitrogen and oxygen atoms in total. The quantitative estimate of drug-likeness (QED) is 0.847. The molecule has 1 aromatic carbocycles. The van der Waals surface area contributed by atoms with Gasteiger partial charge in [0, 0.05) is 17.1 Å². The second-order valence-corrected chi connectivity index (χ2v) is 5.70.